The highest BCUT2D eigenvalue weighted by Gasteiger charge is 2.19. The fourth-order valence-corrected chi connectivity index (χ4v) is 3.09. The number of carbonyl (C=O) groups excluding carboxylic acids is 1. The van der Waals surface area contributed by atoms with Gasteiger partial charge in [-0.3, -0.25) is 10.2 Å². The number of rotatable bonds is 7. The van der Waals surface area contributed by atoms with Crippen LogP contribution in [0.4, 0.5) is 4.79 Å². The summed E-state index contributed by atoms with van der Waals surface area (Å²) in [4.78, 5) is 16.7. The third kappa shape index (κ3) is 9.70. The van der Waals surface area contributed by atoms with E-state index in [1.54, 1.807) is 13.0 Å². The van der Waals surface area contributed by atoms with Crippen LogP contribution in [0.15, 0.2) is 47.6 Å². The van der Waals surface area contributed by atoms with Crippen molar-refractivity contribution in [2.45, 2.75) is 33.4 Å². The average Bonchev–Trinajstić information content (AvgIpc) is 3.16. The molecule has 156 valence electrons. The topological polar surface area (TPSA) is 106 Å². The lowest BCUT2D eigenvalue weighted by atomic mass is 10.2. The summed E-state index contributed by atoms with van der Waals surface area (Å²) in [7, 11) is 1.00. The highest BCUT2D eigenvalue weighted by Crippen LogP contribution is 2.27. The molecule has 0 aliphatic carbocycles. The molecule has 0 saturated heterocycles. The maximum atomic E-state index is 11.2. The highest BCUT2D eigenvalue weighted by molar-refractivity contribution is 7.16. The molecular formula is C19H28ClN3O4S. The number of aliphatic hydroxyl groups is 1. The summed E-state index contributed by atoms with van der Waals surface area (Å²) in [6, 6.07) is 13.0. The van der Waals surface area contributed by atoms with Gasteiger partial charge >= 0.3 is 6.16 Å². The van der Waals surface area contributed by atoms with Crippen molar-refractivity contribution in [3.63, 3.8) is 0 Å². The molecule has 1 aromatic heterocycles. The standard InChI is InChI=1S/C16H18ClN3O3S.C2H6.CH4O/c1-2-22-16(21)23-20-15(18)14(12-8-9-13(17)24-12)19-10-11-6-4-3-5-7-11;2*1-2/h3-9,14,19H,2,10H2,1H3,(H2,18,20);1-2H3;2H,1H3. The summed E-state index contributed by atoms with van der Waals surface area (Å²) in [5.74, 6) is 0.109. The number of oxime groups is 1. The summed E-state index contributed by atoms with van der Waals surface area (Å²) in [6.07, 6.45) is -0.897. The molecule has 1 unspecified atom stereocenters. The predicted molar refractivity (Wildman–Crippen MR) is 115 cm³/mol. The molecule has 4 N–H and O–H groups in total. The summed E-state index contributed by atoms with van der Waals surface area (Å²) >= 11 is 7.37. The maximum Gasteiger partial charge on any atom is 0.535 e. The highest BCUT2D eigenvalue weighted by atomic mass is 35.5. The lowest BCUT2D eigenvalue weighted by Crippen LogP contribution is -2.33. The average molecular weight is 430 g/mol. The largest absolute Gasteiger partial charge is 0.535 e. The van der Waals surface area contributed by atoms with E-state index in [1.807, 2.05) is 50.2 Å². The Morgan fingerprint density at radius 1 is 1.25 bits per heavy atom. The number of amidine groups is 1. The molecule has 0 aliphatic rings. The van der Waals surface area contributed by atoms with Crippen LogP contribution in [0.3, 0.4) is 0 Å². The van der Waals surface area contributed by atoms with Gasteiger partial charge in [0, 0.05) is 18.5 Å². The van der Waals surface area contributed by atoms with E-state index >= 15 is 0 Å². The molecule has 0 fully saturated rings. The first-order valence-corrected chi connectivity index (χ1v) is 9.94. The molecule has 0 amide bonds. The molecule has 0 radical (unpaired) electrons. The predicted octanol–water partition coefficient (Wildman–Crippen LogP) is 4.31. The molecule has 2 aromatic rings. The molecule has 9 heteroatoms. The van der Waals surface area contributed by atoms with Gasteiger partial charge in [-0.2, -0.15) is 0 Å². The van der Waals surface area contributed by atoms with Gasteiger partial charge in [0.05, 0.1) is 10.9 Å². The first-order chi connectivity index (χ1) is 13.6. The number of nitrogens with zero attached hydrogens (tertiary/aromatic N) is 1. The Morgan fingerprint density at radius 2 is 1.89 bits per heavy atom. The number of benzene rings is 1. The van der Waals surface area contributed by atoms with Crippen molar-refractivity contribution in [1.29, 1.82) is 0 Å². The van der Waals surface area contributed by atoms with Gasteiger partial charge in [-0.15, -0.1) is 11.3 Å². The van der Waals surface area contributed by atoms with E-state index in [0.717, 1.165) is 17.6 Å². The summed E-state index contributed by atoms with van der Waals surface area (Å²) in [5.41, 5.74) is 7.07. The van der Waals surface area contributed by atoms with Crippen molar-refractivity contribution in [2.75, 3.05) is 13.7 Å². The van der Waals surface area contributed by atoms with E-state index in [0.29, 0.717) is 10.9 Å². The van der Waals surface area contributed by atoms with Crippen LogP contribution < -0.4 is 11.1 Å². The second-order valence-electron chi connectivity index (χ2n) is 4.73. The second-order valence-corrected chi connectivity index (χ2v) is 6.48. The zero-order chi connectivity index (χ0) is 21.4. The van der Waals surface area contributed by atoms with Gasteiger partial charge in [-0.1, -0.05) is 60.9 Å². The van der Waals surface area contributed by atoms with E-state index in [4.69, 9.17) is 22.4 Å². The molecule has 0 spiro atoms. The number of nitrogens with one attached hydrogen (secondary N) is 1. The molecule has 2 rings (SSSR count). The van der Waals surface area contributed by atoms with Crippen LogP contribution in [0, 0.1) is 0 Å². The van der Waals surface area contributed by atoms with E-state index in [1.165, 1.54) is 11.3 Å². The lowest BCUT2D eigenvalue weighted by molar-refractivity contribution is 0.0608. The van der Waals surface area contributed by atoms with Gasteiger partial charge in [0.25, 0.3) is 0 Å². The normalized spacial score (nSPS) is 11.3. The third-order valence-corrected chi connectivity index (χ3v) is 4.31. The summed E-state index contributed by atoms with van der Waals surface area (Å²) < 4.78 is 5.28. The summed E-state index contributed by atoms with van der Waals surface area (Å²) in [5, 5.41) is 13.9. The molecular weight excluding hydrogens is 402 g/mol. The van der Waals surface area contributed by atoms with Gasteiger partial charge in [0.2, 0.25) is 0 Å². The van der Waals surface area contributed by atoms with Crippen molar-refractivity contribution in [2.24, 2.45) is 10.9 Å². The van der Waals surface area contributed by atoms with Crippen molar-refractivity contribution in [3.8, 4) is 0 Å². The molecule has 1 heterocycles. The lowest BCUT2D eigenvalue weighted by Gasteiger charge is -2.16. The monoisotopic (exact) mass is 429 g/mol. The van der Waals surface area contributed by atoms with Gasteiger partial charge in [0.1, 0.15) is 6.04 Å². The summed E-state index contributed by atoms with van der Waals surface area (Å²) in [6.45, 7) is 6.44. The van der Waals surface area contributed by atoms with Crippen LogP contribution in [0.1, 0.15) is 37.3 Å². The second kappa shape index (κ2) is 15.9. The number of hydrogen-bond acceptors (Lipinski definition) is 7. The minimum Gasteiger partial charge on any atom is -0.433 e. The Bertz CT molecular complexity index is 695. The molecule has 0 saturated carbocycles. The molecule has 7 nitrogen and oxygen atoms in total. The van der Waals surface area contributed by atoms with E-state index in [2.05, 4.69) is 20.0 Å². The van der Waals surface area contributed by atoms with Crippen molar-refractivity contribution in [3.05, 3.63) is 57.2 Å². The SMILES string of the molecule is CC.CCOC(=O)O/N=C(\N)C(NCc1ccccc1)c1ccc(Cl)s1.CO. The van der Waals surface area contributed by atoms with Crippen LogP contribution >= 0.6 is 22.9 Å². The molecule has 1 atom stereocenters. The Balaban J connectivity index is 0.00000171. The van der Waals surface area contributed by atoms with E-state index in [9.17, 15) is 4.79 Å². The third-order valence-electron chi connectivity index (χ3n) is 3.02. The Labute approximate surface area is 175 Å². The smallest absolute Gasteiger partial charge is 0.433 e. The quantitative estimate of drug-likeness (QED) is 0.199. The minimum absolute atomic E-state index is 0.109. The van der Waals surface area contributed by atoms with Crippen molar-refractivity contribution in [1.82, 2.24) is 5.32 Å². The Kier molecular flexibility index (Phi) is 14.7. The first kappa shape index (κ1) is 25.9. The van der Waals surface area contributed by atoms with E-state index < -0.39 is 12.2 Å². The van der Waals surface area contributed by atoms with E-state index in [-0.39, 0.29) is 12.4 Å². The number of ether oxygens (including phenoxy) is 1. The number of thiophene rings is 1. The molecule has 0 bridgehead atoms. The van der Waals surface area contributed by atoms with Crippen LogP contribution in [-0.2, 0) is 16.1 Å². The van der Waals surface area contributed by atoms with Gasteiger partial charge < -0.3 is 15.6 Å². The number of carbonyl (C=O) groups is 1. The van der Waals surface area contributed by atoms with Crippen LogP contribution in [-0.4, -0.2) is 30.8 Å². The van der Waals surface area contributed by atoms with Gasteiger partial charge in [0.15, 0.2) is 5.84 Å². The van der Waals surface area contributed by atoms with Crippen molar-refractivity contribution >= 4 is 34.9 Å². The molecule has 1 aromatic carbocycles. The first-order valence-electron chi connectivity index (χ1n) is 8.74. The fraction of sp³-hybridized carbons (Fsp3) is 0.368. The number of aliphatic hydroxyl groups excluding tert-OH is 1. The minimum atomic E-state index is -0.897. The Hall–Kier alpha value is -2.13. The number of hydrogen-bond donors (Lipinski definition) is 3. The number of nitrogens with two attached hydrogens (primary N) is 1. The van der Waals surface area contributed by atoms with Crippen LogP contribution in [0.5, 0.6) is 0 Å². The van der Waals surface area contributed by atoms with Crippen LogP contribution in [0.25, 0.3) is 0 Å². The maximum absolute atomic E-state index is 11.2. The van der Waals surface area contributed by atoms with Crippen LogP contribution in [0.2, 0.25) is 4.34 Å². The molecule has 28 heavy (non-hydrogen) atoms. The number of halogens is 1. The Morgan fingerprint density at radius 3 is 2.43 bits per heavy atom. The molecule has 0 aliphatic heterocycles. The van der Waals surface area contributed by atoms with Gasteiger partial charge in [-0.25, -0.2) is 4.79 Å². The van der Waals surface area contributed by atoms with Gasteiger partial charge in [-0.05, 0) is 24.6 Å². The zero-order valence-electron chi connectivity index (χ0n) is 16.5. The fourth-order valence-electron chi connectivity index (χ4n) is 1.94. The van der Waals surface area contributed by atoms with Crippen molar-refractivity contribution < 1.29 is 19.5 Å². The zero-order valence-corrected chi connectivity index (χ0v) is 18.1.